The molecule has 0 radical (unpaired) electrons. The molecule has 1 unspecified atom stereocenters. The van der Waals surface area contributed by atoms with Crippen molar-refractivity contribution < 1.29 is 14.3 Å². The van der Waals surface area contributed by atoms with E-state index in [4.69, 9.17) is 4.74 Å². The van der Waals surface area contributed by atoms with Crippen LogP contribution in [-0.4, -0.2) is 29.4 Å². The lowest BCUT2D eigenvalue weighted by Gasteiger charge is -2.09. The van der Waals surface area contributed by atoms with Gasteiger partial charge in [0, 0.05) is 0 Å². The van der Waals surface area contributed by atoms with Crippen molar-refractivity contribution in [2.24, 2.45) is 0 Å². The number of hydrogen-bond acceptors (Lipinski definition) is 4. The highest BCUT2D eigenvalue weighted by Gasteiger charge is 2.14. The molecular weight excluding hydrogens is 160 g/mol. The zero-order chi connectivity index (χ0) is 8.97. The molecule has 12 heavy (non-hydrogen) atoms. The van der Waals surface area contributed by atoms with E-state index in [2.05, 4.69) is 14.9 Å². The van der Waals surface area contributed by atoms with E-state index >= 15 is 0 Å². The normalized spacial score (nSPS) is 12.2. The minimum Gasteiger partial charge on any atom is -0.476 e. The number of carbonyl (C=O) groups excluding carboxylic acids is 1. The standard InChI is InChI=1S/C7H10N2O3/c1-5(7(10)11-2)12-6-3-8-9-4-6/h3-5H,1-2H3,(H,8,9). The van der Waals surface area contributed by atoms with E-state index in [9.17, 15) is 4.79 Å². The van der Waals surface area contributed by atoms with Gasteiger partial charge in [0.05, 0.1) is 19.5 Å². The lowest BCUT2D eigenvalue weighted by Crippen LogP contribution is -2.24. The Balaban J connectivity index is 2.47. The number of nitrogens with one attached hydrogen (secondary N) is 1. The predicted molar refractivity (Wildman–Crippen MR) is 40.7 cm³/mol. The van der Waals surface area contributed by atoms with E-state index in [1.165, 1.54) is 13.3 Å². The van der Waals surface area contributed by atoms with Gasteiger partial charge in [-0.1, -0.05) is 0 Å². The van der Waals surface area contributed by atoms with E-state index in [1.807, 2.05) is 0 Å². The molecule has 0 aromatic carbocycles. The summed E-state index contributed by atoms with van der Waals surface area (Å²) in [5, 5.41) is 6.22. The Morgan fingerprint density at radius 1 is 1.75 bits per heavy atom. The highest BCUT2D eigenvalue weighted by Crippen LogP contribution is 2.08. The lowest BCUT2D eigenvalue weighted by atomic mass is 10.4. The van der Waals surface area contributed by atoms with E-state index in [1.54, 1.807) is 13.1 Å². The van der Waals surface area contributed by atoms with Gasteiger partial charge in [0.2, 0.25) is 0 Å². The summed E-state index contributed by atoms with van der Waals surface area (Å²) in [5.41, 5.74) is 0. The van der Waals surface area contributed by atoms with Crippen LogP contribution in [0.25, 0.3) is 0 Å². The minimum atomic E-state index is -0.604. The molecule has 1 N–H and O–H groups in total. The van der Waals surface area contributed by atoms with Crippen LogP contribution in [0.15, 0.2) is 12.4 Å². The van der Waals surface area contributed by atoms with Gasteiger partial charge in [-0.05, 0) is 6.92 Å². The fourth-order valence-corrected chi connectivity index (χ4v) is 0.722. The highest BCUT2D eigenvalue weighted by atomic mass is 16.6. The molecule has 0 fully saturated rings. The van der Waals surface area contributed by atoms with Gasteiger partial charge in [-0.25, -0.2) is 4.79 Å². The fraction of sp³-hybridized carbons (Fsp3) is 0.429. The number of nitrogens with zero attached hydrogens (tertiary/aromatic N) is 1. The summed E-state index contributed by atoms with van der Waals surface area (Å²) < 4.78 is 9.60. The molecule has 5 heteroatoms. The molecule has 0 saturated heterocycles. The summed E-state index contributed by atoms with van der Waals surface area (Å²) in [4.78, 5) is 10.9. The Bertz CT molecular complexity index is 245. The lowest BCUT2D eigenvalue weighted by molar-refractivity contribution is -0.147. The molecule has 0 aliphatic heterocycles. The average molecular weight is 170 g/mol. The van der Waals surface area contributed by atoms with Crippen molar-refractivity contribution in [2.45, 2.75) is 13.0 Å². The minimum absolute atomic E-state index is 0.406. The third-order valence-electron chi connectivity index (χ3n) is 1.32. The largest absolute Gasteiger partial charge is 0.476 e. The Hall–Kier alpha value is -1.52. The topological polar surface area (TPSA) is 64.2 Å². The van der Waals surface area contributed by atoms with Gasteiger partial charge in [0.15, 0.2) is 11.9 Å². The molecule has 0 aliphatic carbocycles. The first-order chi connectivity index (χ1) is 5.74. The van der Waals surface area contributed by atoms with Crippen LogP contribution in [0.5, 0.6) is 5.75 Å². The zero-order valence-corrected chi connectivity index (χ0v) is 6.90. The number of hydrogen-bond donors (Lipinski definition) is 1. The quantitative estimate of drug-likeness (QED) is 0.665. The Morgan fingerprint density at radius 3 is 3.00 bits per heavy atom. The summed E-state index contributed by atoms with van der Waals surface area (Å²) in [5.74, 6) is 0.115. The molecule has 1 aromatic rings. The van der Waals surface area contributed by atoms with Gasteiger partial charge in [-0.2, -0.15) is 5.10 Å². The van der Waals surface area contributed by atoms with Crippen molar-refractivity contribution in [3.63, 3.8) is 0 Å². The van der Waals surface area contributed by atoms with Crippen LogP contribution in [0.4, 0.5) is 0 Å². The molecule has 1 aromatic heterocycles. The van der Waals surface area contributed by atoms with Crippen molar-refractivity contribution in [2.75, 3.05) is 7.11 Å². The number of aromatic amines is 1. The molecule has 1 heterocycles. The second kappa shape index (κ2) is 3.75. The molecule has 0 spiro atoms. The molecule has 0 amide bonds. The van der Waals surface area contributed by atoms with E-state index in [0.29, 0.717) is 5.75 Å². The van der Waals surface area contributed by atoms with Gasteiger partial charge in [-0.3, -0.25) is 5.10 Å². The molecule has 0 aliphatic rings. The SMILES string of the molecule is COC(=O)C(C)Oc1cn[nH]c1. The van der Waals surface area contributed by atoms with Crippen molar-refractivity contribution in [3.8, 4) is 5.75 Å². The summed E-state index contributed by atoms with van der Waals surface area (Å²) in [7, 11) is 1.32. The highest BCUT2D eigenvalue weighted by molar-refractivity contribution is 5.74. The van der Waals surface area contributed by atoms with Gasteiger partial charge in [-0.15, -0.1) is 0 Å². The van der Waals surface area contributed by atoms with E-state index < -0.39 is 12.1 Å². The molecule has 1 atom stereocenters. The Morgan fingerprint density at radius 2 is 2.50 bits per heavy atom. The van der Waals surface area contributed by atoms with Crippen molar-refractivity contribution in [1.29, 1.82) is 0 Å². The Kier molecular flexibility index (Phi) is 2.68. The molecule has 5 nitrogen and oxygen atoms in total. The number of aromatic nitrogens is 2. The van der Waals surface area contributed by atoms with Gasteiger partial charge >= 0.3 is 5.97 Å². The number of H-pyrrole nitrogens is 1. The zero-order valence-electron chi connectivity index (χ0n) is 6.90. The number of ether oxygens (including phenoxy) is 2. The molecular formula is C7H10N2O3. The summed E-state index contributed by atoms with van der Waals surface area (Å²) in [6, 6.07) is 0. The first-order valence-electron chi connectivity index (χ1n) is 3.47. The first-order valence-corrected chi connectivity index (χ1v) is 3.47. The van der Waals surface area contributed by atoms with Gasteiger partial charge in [0.25, 0.3) is 0 Å². The maximum absolute atomic E-state index is 10.9. The molecule has 0 bridgehead atoms. The summed E-state index contributed by atoms with van der Waals surface area (Å²) in [6.45, 7) is 1.61. The van der Waals surface area contributed by atoms with Crippen molar-refractivity contribution in [1.82, 2.24) is 10.2 Å². The third kappa shape index (κ3) is 1.98. The van der Waals surface area contributed by atoms with Crippen LogP contribution >= 0.6 is 0 Å². The average Bonchev–Trinajstić information content (AvgIpc) is 2.55. The van der Waals surface area contributed by atoms with Crippen LogP contribution in [-0.2, 0) is 9.53 Å². The van der Waals surface area contributed by atoms with Crippen LogP contribution < -0.4 is 4.74 Å². The predicted octanol–water partition coefficient (Wildman–Crippen LogP) is 0.350. The second-order valence-corrected chi connectivity index (χ2v) is 2.22. The van der Waals surface area contributed by atoms with Crippen molar-refractivity contribution in [3.05, 3.63) is 12.4 Å². The third-order valence-corrected chi connectivity index (χ3v) is 1.32. The van der Waals surface area contributed by atoms with Gasteiger partial charge < -0.3 is 9.47 Å². The van der Waals surface area contributed by atoms with Gasteiger partial charge in [0.1, 0.15) is 0 Å². The number of methoxy groups -OCH3 is 1. The van der Waals surface area contributed by atoms with E-state index in [-0.39, 0.29) is 0 Å². The number of esters is 1. The molecule has 1 rings (SSSR count). The Labute approximate surface area is 69.7 Å². The maximum Gasteiger partial charge on any atom is 0.346 e. The van der Waals surface area contributed by atoms with Crippen LogP contribution in [0, 0.1) is 0 Å². The first kappa shape index (κ1) is 8.58. The van der Waals surface area contributed by atoms with Crippen LogP contribution in [0.2, 0.25) is 0 Å². The molecule has 0 saturated carbocycles. The van der Waals surface area contributed by atoms with E-state index in [0.717, 1.165) is 0 Å². The number of rotatable bonds is 3. The smallest absolute Gasteiger partial charge is 0.346 e. The summed E-state index contributed by atoms with van der Waals surface area (Å²) in [6.07, 6.45) is 2.44. The van der Waals surface area contributed by atoms with Crippen molar-refractivity contribution >= 4 is 5.97 Å². The number of carbonyl (C=O) groups is 1. The fourth-order valence-electron chi connectivity index (χ4n) is 0.722. The summed E-state index contributed by atoms with van der Waals surface area (Å²) >= 11 is 0. The van der Waals surface area contributed by atoms with Crippen LogP contribution in [0.1, 0.15) is 6.92 Å². The van der Waals surface area contributed by atoms with Crippen LogP contribution in [0.3, 0.4) is 0 Å². The second-order valence-electron chi connectivity index (χ2n) is 2.22. The maximum atomic E-state index is 10.9. The monoisotopic (exact) mass is 170 g/mol. The molecule has 66 valence electrons.